The fourth-order valence-electron chi connectivity index (χ4n) is 2.79. The summed E-state index contributed by atoms with van der Waals surface area (Å²) in [5.41, 5.74) is 3.45. The third kappa shape index (κ3) is 1.73. The highest BCUT2D eigenvalue weighted by Crippen LogP contribution is 2.32. The number of para-hydroxylation sites is 1. The van der Waals surface area contributed by atoms with Crippen molar-refractivity contribution in [2.75, 3.05) is 18.1 Å². The van der Waals surface area contributed by atoms with Crippen molar-refractivity contribution in [1.82, 2.24) is 5.01 Å². The maximum Gasteiger partial charge on any atom is 0.147 e. The van der Waals surface area contributed by atoms with Gasteiger partial charge in [0.15, 0.2) is 0 Å². The van der Waals surface area contributed by atoms with E-state index < -0.39 is 0 Å². The summed E-state index contributed by atoms with van der Waals surface area (Å²) in [5, 5.41) is 4.37. The van der Waals surface area contributed by atoms with Gasteiger partial charge < -0.3 is 0 Å². The topological polar surface area (TPSA) is 23.6 Å². The maximum absolute atomic E-state index is 10.9. The Hall–Kier alpha value is -1.73. The summed E-state index contributed by atoms with van der Waals surface area (Å²) in [5.74, 6) is 2.09. The zero-order valence-electron chi connectivity index (χ0n) is 9.85. The second-order valence-electron chi connectivity index (χ2n) is 4.63. The van der Waals surface area contributed by atoms with E-state index >= 15 is 0 Å². The van der Waals surface area contributed by atoms with Gasteiger partial charge in [0.05, 0.1) is 5.69 Å². The smallest absolute Gasteiger partial charge is 0.147 e. The van der Waals surface area contributed by atoms with Gasteiger partial charge in [-0.3, -0.25) is 10.0 Å². The van der Waals surface area contributed by atoms with Crippen LogP contribution in [-0.2, 0) is 11.2 Å². The third-order valence-electron chi connectivity index (χ3n) is 3.59. The monoisotopic (exact) mass is 228 g/mol. The lowest BCUT2D eigenvalue weighted by Gasteiger charge is -2.38. The lowest BCUT2D eigenvalue weighted by molar-refractivity contribution is 0.347. The van der Waals surface area contributed by atoms with Gasteiger partial charge in [0.25, 0.3) is 0 Å². The van der Waals surface area contributed by atoms with Crippen molar-refractivity contribution in [2.45, 2.75) is 25.7 Å². The van der Waals surface area contributed by atoms with Crippen molar-refractivity contribution in [3.8, 4) is 0 Å². The number of anilines is 1. The number of nitrogens with zero attached hydrogens (tertiary/aromatic N) is 2. The molecule has 0 aliphatic carbocycles. The minimum absolute atomic E-state index is 0.807. The molecule has 2 aliphatic rings. The first-order valence-electron chi connectivity index (χ1n) is 6.27. The van der Waals surface area contributed by atoms with Crippen molar-refractivity contribution in [1.29, 1.82) is 0 Å². The van der Waals surface area contributed by atoms with Crippen LogP contribution in [0, 0.1) is 0 Å². The molecular formula is C14H16N2O. The van der Waals surface area contributed by atoms with Gasteiger partial charge >= 0.3 is 0 Å². The molecule has 88 valence electrons. The molecule has 0 N–H and O–H groups in total. The normalized spacial score (nSPS) is 19.2. The first-order chi connectivity index (χ1) is 8.40. The van der Waals surface area contributed by atoms with Gasteiger partial charge in [0.2, 0.25) is 0 Å². The average molecular weight is 228 g/mol. The van der Waals surface area contributed by atoms with Gasteiger partial charge in [-0.15, -0.1) is 0 Å². The zero-order chi connectivity index (χ0) is 11.7. The van der Waals surface area contributed by atoms with Crippen LogP contribution in [0.15, 0.2) is 30.0 Å². The fraction of sp³-hybridized carbons (Fsp3) is 0.429. The largest absolute Gasteiger partial charge is 0.285 e. The van der Waals surface area contributed by atoms with Crippen LogP contribution in [0.25, 0.3) is 0 Å². The lowest BCUT2D eigenvalue weighted by Crippen LogP contribution is -2.43. The summed E-state index contributed by atoms with van der Waals surface area (Å²) >= 11 is 0. The van der Waals surface area contributed by atoms with Crippen molar-refractivity contribution >= 4 is 11.6 Å². The second-order valence-corrected chi connectivity index (χ2v) is 4.63. The summed E-state index contributed by atoms with van der Waals surface area (Å²) in [6.45, 7) is 1.95. The van der Waals surface area contributed by atoms with E-state index in [4.69, 9.17) is 0 Å². The van der Waals surface area contributed by atoms with E-state index in [1.165, 1.54) is 11.3 Å². The predicted molar refractivity (Wildman–Crippen MR) is 67.3 cm³/mol. The molecule has 0 amide bonds. The molecular weight excluding hydrogens is 212 g/mol. The van der Waals surface area contributed by atoms with Gasteiger partial charge in [-0.2, -0.15) is 0 Å². The number of rotatable bonds is 1. The molecule has 17 heavy (non-hydrogen) atoms. The van der Waals surface area contributed by atoms with Crippen molar-refractivity contribution < 1.29 is 4.79 Å². The minimum Gasteiger partial charge on any atom is -0.285 e. The van der Waals surface area contributed by atoms with Crippen molar-refractivity contribution in [3.05, 3.63) is 35.5 Å². The zero-order valence-corrected chi connectivity index (χ0v) is 9.85. The average Bonchev–Trinajstić information content (AvgIpc) is 2.86. The number of hydrogen-bond donors (Lipinski definition) is 0. The molecule has 0 saturated carbocycles. The minimum atomic E-state index is 0.807. The first-order valence-corrected chi connectivity index (χ1v) is 6.27. The number of hydrogen-bond acceptors (Lipinski definition) is 3. The van der Waals surface area contributed by atoms with E-state index in [2.05, 4.69) is 40.2 Å². The molecule has 3 heteroatoms. The molecule has 1 saturated heterocycles. The lowest BCUT2D eigenvalue weighted by atomic mass is 10.0. The Morgan fingerprint density at radius 3 is 2.65 bits per heavy atom. The number of hydrazine groups is 1. The molecule has 0 unspecified atom stereocenters. The highest BCUT2D eigenvalue weighted by molar-refractivity contribution is 5.58. The fourth-order valence-corrected chi connectivity index (χ4v) is 2.79. The van der Waals surface area contributed by atoms with Crippen molar-refractivity contribution in [2.24, 2.45) is 0 Å². The number of fused-ring (bicyclic) bond motifs is 1. The van der Waals surface area contributed by atoms with E-state index in [0.29, 0.717) is 0 Å². The third-order valence-corrected chi connectivity index (χ3v) is 3.59. The Kier molecular flexibility index (Phi) is 2.62. The highest BCUT2D eigenvalue weighted by atomic mass is 16.1. The van der Waals surface area contributed by atoms with Crippen molar-refractivity contribution in [3.63, 3.8) is 0 Å². The maximum atomic E-state index is 10.9. The number of benzene rings is 1. The van der Waals surface area contributed by atoms with Crippen LogP contribution in [0.3, 0.4) is 0 Å². The van der Waals surface area contributed by atoms with Crippen LogP contribution < -0.4 is 5.01 Å². The molecule has 3 rings (SSSR count). The van der Waals surface area contributed by atoms with Crippen LogP contribution in [0.1, 0.15) is 24.8 Å². The molecule has 0 bridgehead atoms. The summed E-state index contributed by atoms with van der Waals surface area (Å²) < 4.78 is 0. The Labute approximate surface area is 101 Å². The molecule has 1 aromatic rings. The Bertz CT molecular complexity index is 477. The van der Waals surface area contributed by atoms with E-state index in [1.54, 1.807) is 0 Å². The number of carbonyl (C=O) groups excluding carboxylic acids is 1. The van der Waals surface area contributed by atoms with Crippen LogP contribution in [0.4, 0.5) is 5.69 Å². The summed E-state index contributed by atoms with van der Waals surface area (Å²) in [4.78, 5) is 10.9. The molecule has 0 spiro atoms. The van der Waals surface area contributed by atoms with Crippen LogP contribution in [0.2, 0.25) is 0 Å². The number of aryl methyl sites for hydroxylation is 1. The molecule has 0 aromatic heterocycles. The quantitative estimate of drug-likeness (QED) is 0.688. The first kappa shape index (κ1) is 10.4. The van der Waals surface area contributed by atoms with Gasteiger partial charge in [0, 0.05) is 19.5 Å². The van der Waals surface area contributed by atoms with Crippen LogP contribution in [0.5, 0.6) is 0 Å². The van der Waals surface area contributed by atoms with Crippen LogP contribution in [-0.4, -0.2) is 24.0 Å². The predicted octanol–water partition coefficient (Wildman–Crippen LogP) is 2.17. The Morgan fingerprint density at radius 2 is 1.76 bits per heavy atom. The Balaban J connectivity index is 1.97. The summed E-state index contributed by atoms with van der Waals surface area (Å²) in [7, 11) is 0. The molecule has 1 fully saturated rings. The van der Waals surface area contributed by atoms with E-state index in [0.717, 1.165) is 44.5 Å². The van der Waals surface area contributed by atoms with Crippen LogP contribution >= 0.6 is 0 Å². The number of allylic oxidation sites excluding steroid dienone is 1. The summed E-state index contributed by atoms with van der Waals surface area (Å²) in [6.07, 6.45) is 4.21. The highest BCUT2D eigenvalue weighted by Gasteiger charge is 2.27. The molecule has 2 heterocycles. The second kappa shape index (κ2) is 4.27. The Morgan fingerprint density at radius 1 is 1.00 bits per heavy atom. The van der Waals surface area contributed by atoms with E-state index in [9.17, 15) is 4.79 Å². The van der Waals surface area contributed by atoms with Gasteiger partial charge in [-0.1, -0.05) is 18.2 Å². The van der Waals surface area contributed by atoms with Gasteiger partial charge in [-0.05, 0) is 30.9 Å². The molecule has 3 nitrogen and oxygen atoms in total. The summed E-state index contributed by atoms with van der Waals surface area (Å²) in [6, 6.07) is 8.48. The molecule has 2 aliphatic heterocycles. The molecule has 1 aromatic carbocycles. The van der Waals surface area contributed by atoms with E-state index in [-0.39, 0.29) is 0 Å². The van der Waals surface area contributed by atoms with Gasteiger partial charge in [0.1, 0.15) is 11.6 Å². The van der Waals surface area contributed by atoms with Gasteiger partial charge in [-0.25, -0.2) is 4.79 Å². The SMILES string of the molecule is O=C=C1CCCN1N1CCCc2ccccc21. The van der Waals surface area contributed by atoms with E-state index in [1.807, 2.05) is 0 Å². The molecule has 0 radical (unpaired) electrons. The standard InChI is InChI=1S/C14H16N2O/c17-11-13-7-4-9-15(13)16-10-3-6-12-5-1-2-8-14(12)16/h1-2,5,8H,3-4,6-7,9-10H2. The molecule has 0 atom stereocenters.